The van der Waals surface area contributed by atoms with Crippen LogP contribution in [0.1, 0.15) is 16.9 Å². The standard InChI is InChI=1S/C12H14O3/c1-7-8(2)15-12-10(7)4-9(6-13)5-11(12)14-3/h4-5,13H,6H2,1-3H3. The first kappa shape index (κ1) is 10.1. The van der Waals surface area contributed by atoms with Crippen LogP contribution in [0.5, 0.6) is 5.75 Å². The molecule has 0 radical (unpaired) electrons. The molecule has 80 valence electrons. The quantitative estimate of drug-likeness (QED) is 0.821. The molecule has 2 rings (SSSR count). The highest BCUT2D eigenvalue weighted by atomic mass is 16.5. The van der Waals surface area contributed by atoms with E-state index in [1.807, 2.05) is 19.9 Å². The van der Waals surface area contributed by atoms with Gasteiger partial charge >= 0.3 is 0 Å². The maximum atomic E-state index is 9.13. The monoisotopic (exact) mass is 206 g/mol. The van der Waals surface area contributed by atoms with Gasteiger partial charge in [0.15, 0.2) is 11.3 Å². The molecule has 1 aromatic carbocycles. The topological polar surface area (TPSA) is 42.6 Å². The SMILES string of the molecule is COc1cc(CO)cc2c(C)c(C)oc12. The number of aliphatic hydroxyl groups excluding tert-OH is 1. The number of fused-ring (bicyclic) bond motifs is 1. The molecule has 0 bridgehead atoms. The van der Waals surface area contributed by atoms with Crippen molar-refractivity contribution in [2.24, 2.45) is 0 Å². The summed E-state index contributed by atoms with van der Waals surface area (Å²) >= 11 is 0. The van der Waals surface area contributed by atoms with Crippen LogP contribution in [-0.4, -0.2) is 12.2 Å². The second-order valence-electron chi connectivity index (χ2n) is 3.62. The Labute approximate surface area is 88.3 Å². The highest BCUT2D eigenvalue weighted by Gasteiger charge is 2.12. The Bertz CT molecular complexity index is 497. The second kappa shape index (κ2) is 3.59. The van der Waals surface area contributed by atoms with E-state index in [0.29, 0.717) is 5.75 Å². The van der Waals surface area contributed by atoms with Gasteiger partial charge in [0.05, 0.1) is 13.7 Å². The molecule has 3 heteroatoms. The molecule has 0 spiro atoms. The zero-order chi connectivity index (χ0) is 11.0. The average molecular weight is 206 g/mol. The number of hydrogen-bond donors (Lipinski definition) is 1. The maximum absolute atomic E-state index is 9.13. The highest BCUT2D eigenvalue weighted by molar-refractivity contribution is 5.87. The third-order valence-electron chi connectivity index (χ3n) is 2.70. The van der Waals surface area contributed by atoms with E-state index in [-0.39, 0.29) is 6.61 Å². The second-order valence-corrected chi connectivity index (χ2v) is 3.62. The van der Waals surface area contributed by atoms with Gasteiger partial charge in [-0.1, -0.05) is 0 Å². The molecule has 2 aromatic rings. The van der Waals surface area contributed by atoms with Crippen molar-refractivity contribution in [3.8, 4) is 5.75 Å². The van der Waals surface area contributed by atoms with Gasteiger partial charge in [0.2, 0.25) is 0 Å². The molecule has 0 saturated carbocycles. The lowest BCUT2D eigenvalue weighted by Crippen LogP contribution is -1.88. The molecule has 0 aliphatic rings. The van der Waals surface area contributed by atoms with Gasteiger partial charge < -0.3 is 14.3 Å². The van der Waals surface area contributed by atoms with E-state index in [9.17, 15) is 0 Å². The fraction of sp³-hybridized carbons (Fsp3) is 0.333. The fourth-order valence-corrected chi connectivity index (χ4v) is 1.71. The number of benzene rings is 1. The molecule has 0 aliphatic carbocycles. The van der Waals surface area contributed by atoms with Crippen LogP contribution in [0.15, 0.2) is 16.5 Å². The van der Waals surface area contributed by atoms with Gasteiger partial charge in [-0.25, -0.2) is 0 Å². The predicted molar refractivity (Wildman–Crippen MR) is 58.2 cm³/mol. The number of hydrogen-bond acceptors (Lipinski definition) is 3. The Morgan fingerprint density at radius 3 is 2.67 bits per heavy atom. The lowest BCUT2D eigenvalue weighted by atomic mass is 10.1. The molecule has 3 nitrogen and oxygen atoms in total. The number of rotatable bonds is 2. The van der Waals surface area contributed by atoms with Crippen LogP contribution in [0.25, 0.3) is 11.0 Å². The van der Waals surface area contributed by atoms with E-state index in [0.717, 1.165) is 27.9 Å². The van der Waals surface area contributed by atoms with Gasteiger partial charge in [0.1, 0.15) is 5.76 Å². The summed E-state index contributed by atoms with van der Waals surface area (Å²) in [6.45, 7) is 3.94. The van der Waals surface area contributed by atoms with Gasteiger partial charge in [0, 0.05) is 5.39 Å². The summed E-state index contributed by atoms with van der Waals surface area (Å²) in [5.74, 6) is 1.56. The van der Waals surface area contributed by atoms with Gasteiger partial charge in [-0.2, -0.15) is 0 Å². The minimum atomic E-state index is 0.00989. The lowest BCUT2D eigenvalue weighted by molar-refractivity contribution is 0.281. The summed E-state index contributed by atoms with van der Waals surface area (Å²) in [5.41, 5.74) is 2.69. The van der Waals surface area contributed by atoms with E-state index in [1.54, 1.807) is 13.2 Å². The van der Waals surface area contributed by atoms with Crippen molar-refractivity contribution in [2.75, 3.05) is 7.11 Å². The molecular formula is C12H14O3. The van der Waals surface area contributed by atoms with Crippen LogP contribution in [0.3, 0.4) is 0 Å². The first-order valence-electron chi connectivity index (χ1n) is 4.85. The van der Waals surface area contributed by atoms with Crippen LogP contribution in [0.4, 0.5) is 0 Å². The van der Waals surface area contributed by atoms with Gasteiger partial charge in [0.25, 0.3) is 0 Å². The smallest absolute Gasteiger partial charge is 0.176 e. The molecule has 0 saturated heterocycles. The van der Waals surface area contributed by atoms with E-state index in [1.165, 1.54) is 0 Å². The highest BCUT2D eigenvalue weighted by Crippen LogP contribution is 2.33. The van der Waals surface area contributed by atoms with Crippen LogP contribution < -0.4 is 4.74 Å². The Kier molecular flexibility index (Phi) is 2.40. The minimum absolute atomic E-state index is 0.00989. The van der Waals surface area contributed by atoms with E-state index < -0.39 is 0 Å². The summed E-state index contributed by atoms with van der Waals surface area (Å²) < 4.78 is 10.8. The molecule has 1 aromatic heterocycles. The Morgan fingerprint density at radius 1 is 1.33 bits per heavy atom. The molecule has 0 aliphatic heterocycles. The van der Waals surface area contributed by atoms with Crippen LogP contribution in [-0.2, 0) is 6.61 Å². The van der Waals surface area contributed by atoms with Crippen molar-refractivity contribution < 1.29 is 14.3 Å². The lowest BCUT2D eigenvalue weighted by Gasteiger charge is -2.03. The molecule has 0 amide bonds. The zero-order valence-electron chi connectivity index (χ0n) is 9.13. The van der Waals surface area contributed by atoms with Crippen molar-refractivity contribution in [2.45, 2.75) is 20.5 Å². The number of ether oxygens (including phenoxy) is 1. The molecule has 0 fully saturated rings. The third-order valence-corrected chi connectivity index (χ3v) is 2.70. The predicted octanol–water partition coefficient (Wildman–Crippen LogP) is 2.55. The van der Waals surface area contributed by atoms with Crippen LogP contribution >= 0.6 is 0 Å². The van der Waals surface area contributed by atoms with E-state index >= 15 is 0 Å². The normalized spacial score (nSPS) is 10.9. The molecule has 0 unspecified atom stereocenters. The summed E-state index contributed by atoms with van der Waals surface area (Å²) in [4.78, 5) is 0. The van der Waals surface area contributed by atoms with Gasteiger partial charge in [-0.3, -0.25) is 0 Å². The molecule has 1 heterocycles. The largest absolute Gasteiger partial charge is 0.493 e. The van der Waals surface area contributed by atoms with Crippen molar-refractivity contribution in [1.29, 1.82) is 0 Å². The van der Waals surface area contributed by atoms with Crippen molar-refractivity contribution in [3.63, 3.8) is 0 Å². The van der Waals surface area contributed by atoms with Crippen molar-refractivity contribution in [3.05, 3.63) is 29.0 Å². The molecule has 1 N–H and O–H groups in total. The van der Waals surface area contributed by atoms with Crippen LogP contribution in [0.2, 0.25) is 0 Å². The summed E-state index contributed by atoms with van der Waals surface area (Å²) in [6, 6.07) is 3.73. The first-order chi connectivity index (χ1) is 7.17. The van der Waals surface area contributed by atoms with E-state index in [2.05, 4.69) is 0 Å². The number of aliphatic hydroxyl groups is 1. The molecule has 15 heavy (non-hydrogen) atoms. The number of methoxy groups -OCH3 is 1. The van der Waals surface area contributed by atoms with Crippen molar-refractivity contribution >= 4 is 11.0 Å². The number of furan rings is 1. The first-order valence-corrected chi connectivity index (χ1v) is 4.85. The summed E-state index contributed by atoms with van der Waals surface area (Å²) in [5, 5.41) is 10.1. The molecule has 0 atom stereocenters. The minimum Gasteiger partial charge on any atom is -0.493 e. The van der Waals surface area contributed by atoms with Gasteiger partial charge in [-0.05, 0) is 37.1 Å². The van der Waals surface area contributed by atoms with Crippen LogP contribution in [0, 0.1) is 13.8 Å². The number of aryl methyl sites for hydroxylation is 2. The average Bonchev–Trinajstić information content (AvgIpc) is 2.54. The summed E-state index contributed by atoms with van der Waals surface area (Å²) in [6.07, 6.45) is 0. The summed E-state index contributed by atoms with van der Waals surface area (Å²) in [7, 11) is 1.60. The fourth-order valence-electron chi connectivity index (χ4n) is 1.71. The third kappa shape index (κ3) is 1.49. The Balaban J connectivity index is 2.80. The van der Waals surface area contributed by atoms with Gasteiger partial charge in [-0.15, -0.1) is 0 Å². The van der Waals surface area contributed by atoms with E-state index in [4.69, 9.17) is 14.3 Å². The Morgan fingerprint density at radius 2 is 2.07 bits per heavy atom. The maximum Gasteiger partial charge on any atom is 0.176 e. The Hall–Kier alpha value is -1.48. The van der Waals surface area contributed by atoms with Crippen molar-refractivity contribution in [1.82, 2.24) is 0 Å². The zero-order valence-corrected chi connectivity index (χ0v) is 9.13. The molecular weight excluding hydrogens is 192 g/mol.